The van der Waals surface area contributed by atoms with E-state index in [9.17, 15) is 0 Å². The van der Waals surface area contributed by atoms with Crippen LogP contribution in [0.25, 0.3) is 0 Å². The highest BCUT2D eigenvalue weighted by atomic mass is 35.5. The van der Waals surface area contributed by atoms with E-state index < -0.39 is 0 Å². The number of likely N-dealkylation sites (N-methyl/N-ethyl adjacent to an activating group) is 1. The van der Waals surface area contributed by atoms with Gasteiger partial charge in [0.15, 0.2) is 0 Å². The number of hydrogen-bond donors (Lipinski definition) is 0. The highest BCUT2D eigenvalue weighted by Gasteiger charge is 2.39. The van der Waals surface area contributed by atoms with Gasteiger partial charge in [-0.05, 0) is 64.5 Å². The van der Waals surface area contributed by atoms with E-state index in [2.05, 4.69) is 49.7 Å². The maximum atomic E-state index is 6.05. The zero-order chi connectivity index (χ0) is 15.5. The van der Waals surface area contributed by atoms with Crippen LogP contribution in [0.1, 0.15) is 31.2 Å². The van der Waals surface area contributed by atoms with E-state index in [-0.39, 0.29) is 35.8 Å². The molecule has 1 aliphatic carbocycles. The topological polar surface area (TPSA) is 38.0 Å². The number of rotatable bonds is 5. The Labute approximate surface area is 164 Å². The number of hydrogen-bond acceptors (Lipinski definition) is 2. The van der Waals surface area contributed by atoms with Crippen LogP contribution < -0.4 is 0 Å². The molecule has 0 bridgehead atoms. The molecule has 2 N–H and O–H groups in total. The molecule has 0 radical (unpaired) electrons. The first-order valence-electron chi connectivity index (χ1n) is 7.74. The standard InChI is InChI=1S/C18H27ClN2.2ClH.H2O/c1-5-14-21(4)17-10-12-18(13-11-17,20(2)3)15-6-8-16(19)9-7-15;;;/h5-9,17H,1,10-14H2,2-4H3;2*1H;1H2. The SMILES string of the molecule is C=CCN(C)C1CCC(c2ccc(Cl)cc2)(N(C)C)CC1.Cl.Cl.O. The molecular weight excluding hydrogens is 367 g/mol. The van der Waals surface area contributed by atoms with Gasteiger partial charge in [0.2, 0.25) is 0 Å². The van der Waals surface area contributed by atoms with Crippen LogP contribution in [0.15, 0.2) is 36.9 Å². The van der Waals surface area contributed by atoms with Crippen LogP contribution in [0.2, 0.25) is 5.02 Å². The summed E-state index contributed by atoms with van der Waals surface area (Å²) in [6, 6.07) is 9.07. The monoisotopic (exact) mass is 396 g/mol. The number of halogens is 3. The minimum absolute atomic E-state index is 0. The Morgan fingerprint density at radius 2 is 1.62 bits per heavy atom. The van der Waals surface area contributed by atoms with E-state index in [0.717, 1.165) is 11.6 Å². The molecule has 140 valence electrons. The number of nitrogens with zero attached hydrogens (tertiary/aromatic N) is 2. The summed E-state index contributed by atoms with van der Waals surface area (Å²) in [6.07, 6.45) is 6.82. The number of benzene rings is 1. The summed E-state index contributed by atoms with van der Waals surface area (Å²) >= 11 is 6.05. The summed E-state index contributed by atoms with van der Waals surface area (Å²) in [5, 5.41) is 0.812. The second-order valence-corrected chi connectivity index (χ2v) is 6.83. The molecule has 0 aromatic heterocycles. The van der Waals surface area contributed by atoms with E-state index in [1.165, 1.54) is 31.2 Å². The zero-order valence-corrected chi connectivity index (χ0v) is 17.2. The van der Waals surface area contributed by atoms with Crippen LogP contribution in [0.3, 0.4) is 0 Å². The Morgan fingerprint density at radius 1 is 1.12 bits per heavy atom. The molecular formula is C18H31Cl3N2O. The Morgan fingerprint density at radius 3 is 2.04 bits per heavy atom. The first kappa shape index (κ1) is 25.9. The van der Waals surface area contributed by atoms with Crippen LogP contribution in [0.5, 0.6) is 0 Å². The van der Waals surface area contributed by atoms with Gasteiger partial charge in [0, 0.05) is 23.1 Å². The van der Waals surface area contributed by atoms with Crippen LogP contribution in [0.4, 0.5) is 0 Å². The Bertz CT molecular complexity index is 472. The molecule has 0 heterocycles. The van der Waals surface area contributed by atoms with Crippen molar-refractivity contribution < 1.29 is 5.48 Å². The molecule has 24 heavy (non-hydrogen) atoms. The average molecular weight is 398 g/mol. The predicted octanol–water partition coefficient (Wildman–Crippen LogP) is 4.18. The third kappa shape index (κ3) is 5.62. The van der Waals surface area contributed by atoms with Crippen molar-refractivity contribution in [3.8, 4) is 0 Å². The lowest BCUT2D eigenvalue weighted by Crippen LogP contribution is -2.48. The fraction of sp³-hybridized carbons (Fsp3) is 0.556. The summed E-state index contributed by atoms with van der Waals surface area (Å²) in [4.78, 5) is 4.81. The van der Waals surface area contributed by atoms with Crippen molar-refractivity contribution in [3.05, 3.63) is 47.5 Å². The summed E-state index contributed by atoms with van der Waals surface area (Å²) < 4.78 is 0. The van der Waals surface area contributed by atoms with Crippen molar-refractivity contribution in [2.75, 3.05) is 27.7 Å². The van der Waals surface area contributed by atoms with Crippen molar-refractivity contribution in [2.45, 2.75) is 37.3 Å². The normalized spacial score (nSPS) is 23.0. The van der Waals surface area contributed by atoms with Gasteiger partial charge in [-0.2, -0.15) is 0 Å². The van der Waals surface area contributed by atoms with E-state index in [4.69, 9.17) is 11.6 Å². The molecule has 1 fully saturated rings. The van der Waals surface area contributed by atoms with Crippen molar-refractivity contribution in [2.24, 2.45) is 0 Å². The fourth-order valence-corrected chi connectivity index (χ4v) is 3.75. The first-order chi connectivity index (χ1) is 9.99. The van der Waals surface area contributed by atoms with Crippen molar-refractivity contribution >= 4 is 36.4 Å². The van der Waals surface area contributed by atoms with Gasteiger partial charge in [0.25, 0.3) is 0 Å². The molecule has 0 unspecified atom stereocenters. The third-order valence-corrected chi connectivity index (χ3v) is 5.31. The van der Waals surface area contributed by atoms with E-state index in [1.54, 1.807) is 0 Å². The van der Waals surface area contributed by atoms with E-state index in [1.807, 2.05) is 18.2 Å². The zero-order valence-electron chi connectivity index (χ0n) is 14.8. The molecule has 6 heteroatoms. The lowest BCUT2D eigenvalue weighted by Gasteiger charge is -2.47. The summed E-state index contributed by atoms with van der Waals surface area (Å²) in [5.74, 6) is 0. The summed E-state index contributed by atoms with van der Waals surface area (Å²) in [5.41, 5.74) is 1.54. The minimum Gasteiger partial charge on any atom is -0.412 e. The van der Waals surface area contributed by atoms with Gasteiger partial charge in [0.1, 0.15) is 0 Å². The largest absolute Gasteiger partial charge is 0.412 e. The molecule has 0 saturated heterocycles. The lowest BCUT2D eigenvalue weighted by molar-refractivity contribution is 0.0605. The molecule has 1 aromatic rings. The molecule has 1 aromatic carbocycles. The molecule has 3 nitrogen and oxygen atoms in total. The molecule has 0 atom stereocenters. The minimum atomic E-state index is 0. The smallest absolute Gasteiger partial charge is 0.0455 e. The van der Waals surface area contributed by atoms with Crippen LogP contribution in [-0.4, -0.2) is 49.0 Å². The maximum absolute atomic E-state index is 6.05. The molecule has 0 aliphatic heterocycles. The quantitative estimate of drug-likeness (QED) is 0.699. The maximum Gasteiger partial charge on any atom is 0.0455 e. The van der Waals surface area contributed by atoms with Gasteiger partial charge >= 0.3 is 0 Å². The average Bonchev–Trinajstić information content (AvgIpc) is 2.48. The highest BCUT2D eigenvalue weighted by Crippen LogP contribution is 2.42. The molecule has 1 saturated carbocycles. The van der Waals surface area contributed by atoms with Crippen LogP contribution >= 0.6 is 36.4 Å². The second-order valence-electron chi connectivity index (χ2n) is 6.39. The Hall–Kier alpha value is -0.290. The van der Waals surface area contributed by atoms with Crippen molar-refractivity contribution in [1.82, 2.24) is 9.80 Å². The van der Waals surface area contributed by atoms with Gasteiger partial charge in [0.05, 0.1) is 0 Å². The first-order valence-corrected chi connectivity index (χ1v) is 8.12. The molecule has 0 amide bonds. The van der Waals surface area contributed by atoms with Crippen molar-refractivity contribution in [1.29, 1.82) is 0 Å². The van der Waals surface area contributed by atoms with Gasteiger partial charge in [-0.25, -0.2) is 0 Å². The molecule has 0 spiro atoms. The van der Waals surface area contributed by atoms with Gasteiger partial charge < -0.3 is 5.48 Å². The van der Waals surface area contributed by atoms with E-state index in [0.29, 0.717) is 6.04 Å². The lowest BCUT2D eigenvalue weighted by atomic mass is 9.73. The van der Waals surface area contributed by atoms with Gasteiger partial charge in [-0.3, -0.25) is 9.80 Å². The van der Waals surface area contributed by atoms with Crippen molar-refractivity contribution in [3.63, 3.8) is 0 Å². The van der Waals surface area contributed by atoms with Gasteiger partial charge in [-0.1, -0.05) is 29.8 Å². The fourth-order valence-electron chi connectivity index (χ4n) is 3.63. The Kier molecular flexibility index (Phi) is 12.3. The summed E-state index contributed by atoms with van der Waals surface area (Å²) in [7, 11) is 6.60. The third-order valence-electron chi connectivity index (χ3n) is 5.06. The predicted molar refractivity (Wildman–Crippen MR) is 110 cm³/mol. The van der Waals surface area contributed by atoms with Gasteiger partial charge in [-0.15, -0.1) is 31.4 Å². The highest BCUT2D eigenvalue weighted by molar-refractivity contribution is 6.30. The van der Waals surface area contributed by atoms with Crippen LogP contribution in [-0.2, 0) is 5.54 Å². The van der Waals surface area contributed by atoms with E-state index >= 15 is 0 Å². The Balaban J connectivity index is 0. The molecule has 1 aliphatic rings. The summed E-state index contributed by atoms with van der Waals surface area (Å²) in [6.45, 7) is 4.82. The molecule has 2 rings (SSSR count). The van der Waals surface area contributed by atoms with Crippen LogP contribution in [0, 0.1) is 0 Å². The second kappa shape index (κ2) is 11.3.